The monoisotopic (exact) mass is 613 g/mol. The van der Waals surface area contributed by atoms with Crippen LogP contribution in [-0.4, -0.2) is 103 Å². The Labute approximate surface area is 244 Å². The second-order valence-corrected chi connectivity index (χ2v) is 12.3. The minimum atomic E-state index is -3.82. The van der Waals surface area contributed by atoms with Crippen LogP contribution in [0.4, 0.5) is 16.0 Å². The van der Waals surface area contributed by atoms with Gasteiger partial charge in [0.1, 0.15) is 0 Å². The number of aliphatic hydroxyl groups excluding tert-OH is 1. The highest BCUT2D eigenvalue weighted by Crippen LogP contribution is 2.30. The van der Waals surface area contributed by atoms with Crippen molar-refractivity contribution in [3.8, 4) is 5.75 Å². The third-order valence-corrected chi connectivity index (χ3v) is 8.18. The van der Waals surface area contributed by atoms with Crippen LogP contribution in [0.25, 0.3) is 0 Å². The molecule has 0 radical (unpaired) electrons. The molecule has 1 aromatic carbocycles. The lowest BCUT2D eigenvalue weighted by atomic mass is 9.98. The third kappa shape index (κ3) is 7.95. The maximum absolute atomic E-state index is 14.0. The fraction of sp³-hybridized carbons (Fsp3) is 0.577. The second-order valence-electron chi connectivity index (χ2n) is 10.4. The number of rotatable bonds is 10. The Kier molecular flexibility index (Phi) is 10.2. The largest absolute Gasteiger partial charge is 0.395 e. The second kappa shape index (κ2) is 13.5. The van der Waals surface area contributed by atoms with E-state index in [1.807, 2.05) is 0 Å². The van der Waals surface area contributed by atoms with Gasteiger partial charge in [0.05, 0.1) is 12.9 Å². The molecule has 226 valence electrons. The predicted octanol–water partition coefficient (Wildman–Crippen LogP) is 1.48. The Morgan fingerprint density at radius 2 is 1.98 bits per heavy atom. The molecule has 0 spiro atoms. The van der Waals surface area contributed by atoms with Crippen molar-refractivity contribution in [2.45, 2.75) is 44.8 Å². The van der Waals surface area contributed by atoms with E-state index in [1.165, 1.54) is 12.1 Å². The molecule has 3 heterocycles. The lowest BCUT2D eigenvalue weighted by Gasteiger charge is -2.47. The maximum Gasteiger partial charge on any atom is 0.306 e. The highest BCUT2D eigenvalue weighted by molar-refractivity contribution is 7.86. The van der Waals surface area contributed by atoms with Crippen LogP contribution in [0.3, 0.4) is 0 Å². The Balaban J connectivity index is 1.35. The number of aliphatic hydroxyl groups is 1. The molecule has 2 aromatic rings. The van der Waals surface area contributed by atoms with Crippen LogP contribution < -0.4 is 20.1 Å². The van der Waals surface area contributed by atoms with Crippen molar-refractivity contribution in [1.29, 1.82) is 0 Å². The number of hydrogen-bond donors (Lipinski definition) is 3. The number of halogens is 2. The first kappa shape index (κ1) is 31.2. The van der Waals surface area contributed by atoms with Crippen LogP contribution in [0.5, 0.6) is 5.75 Å². The molecule has 2 aliphatic heterocycles. The number of piperazine rings is 1. The summed E-state index contributed by atoms with van der Waals surface area (Å²) in [7, 11) is -3.82. The normalized spacial score (nSPS) is 19.3. The Morgan fingerprint density at radius 3 is 2.63 bits per heavy atom. The Bertz CT molecular complexity index is 1340. The van der Waals surface area contributed by atoms with E-state index in [0.29, 0.717) is 31.5 Å². The molecule has 2 saturated heterocycles. The van der Waals surface area contributed by atoms with Crippen molar-refractivity contribution in [1.82, 2.24) is 25.1 Å². The summed E-state index contributed by atoms with van der Waals surface area (Å²) in [6.45, 7) is 6.49. The number of nitrogen functional groups attached to an aromatic ring is 1. The highest BCUT2D eigenvalue weighted by atomic mass is 35.5. The standard InChI is InChI=1S/C26H37ClFN7O5S/c1-3-18-16-34(25-23(27)31-22(24(29)32-25)26(37)30-8-13-36)11-12-35(18)19-6-9-33(10-7-19)15-17-4-5-20(28)21(14-17)40-41(2,38)39/h4-5,14,18-19,36H,3,6-13,15-16H2,1-2H3,(H2,29,32)(H,30,37)/t18-/m0/s1. The summed E-state index contributed by atoms with van der Waals surface area (Å²) in [5, 5.41) is 11.5. The number of nitrogens with one attached hydrogen (secondary N) is 1. The molecule has 4 rings (SSSR count). The number of aromatic nitrogens is 2. The zero-order chi connectivity index (χ0) is 29.7. The fourth-order valence-electron chi connectivity index (χ4n) is 5.49. The summed E-state index contributed by atoms with van der Waals surface area (Å²) in [6.07, 6.45) is 3.76. The summed E-state index contributed by atoms with van der Waals surface area (Å²) in [5.74, 6) is -1.10. The predicted molar refractivity (Wildman–Crippen MR) is 154 cm³/mol. The smallest absolute Gasteiger partial charge is 0.306 e. The van der Waals surface area contributed by atoms with E-state index in [-0.39, 0.29) is 41.6 Å². The van der Waals surface area contributed by atoms with Crippen LogP contribution in [-0.2, 0) is 16.7 Å². The van der Waals surface area contributed by atoms with Crippen molar-refractivity contribution < 1.29 is 26.9 Å². The minimum absolute atomic E-state index is 0.0150. The van der Waals surface area contributed by atoms with Gasteiger partial charge in [-0.2, -0.15) is 8.42 Å². The van der Waals surface area contributed by atoms with Crippen molar-refractivity contribution >= 4 is 39.3 Å². The van der Waals surface area contributed by atoms with E-state index < -0.39 is 21.8 Å². The number of amides is 1. The molecule has 2 fully saturated rings. The molecule has 0 aliphatic carbocycles. The minimum Gasteiger partial charge on any atom is -0.395 e. The van der Waals surface area contributed by atoms with E-state index in [1.54, 1.807) is 6.07 Å². The van der Waals surface area contributed by atoms with Gasteiger partial charge in [0, 0.05) is 44.8 Å². The van der Waals surface area contributed by atoms with Gasteiger partial charge in [0.15, 0.2) is 34.0 Å². The fourth-order valence-corrected chi connectivity index (χ4v) is 6.19. The van der Waals surface area contributed by atoms with E-state index in [2.05, 4.69) is 36.9 Å². The summed E-state index contributed by atoms with van der Waals surface area (Å²) in [5.41, 5.74) is 6.77. The molecule has 1 aromatic heterocycles. The molecular formula is C26H37ClFN7O5S. The summed E-state index contributed by atoms with van der Waals surface area (Å²) in [6, 6.07) is 5.00. The van der Waals surface area contributed by atoms with Gasteiger partial charge in [-0.05, 0) is 50.0 Å². The van der Waals surface area contributed by atoms with Crippen LogP contribution in [0, 0.1) is 5.82 Å². The maximum atomic E-state index is 14.0. The van der Waals surface area contributed by atoms with E-state index >= 15 is 0 Å². The van der Waals surface area contributed by atoms with Crippen molar-refractivity contribution in [2.24, 2.45) is 0 Å². The van der Waals surface area contributed by atoms with Crippen molar-refractivity contribution in [3.63, 3.8) is 0 Å². The van der Waals surface area contributed by atoms with Gasteiger partial charge >= 0.3 is 10.1 Å². The van der Waals surface area contributed by atoms with Gasteiger partial charge in [0.2, 0.25) is 0 Å². The van der Waals surface area contributed by atoms with Crippen LogP contribution in [0.2, 0.25) is 5.15 Å². The molecule has 0 saturated carbocycles. The van der Waals surface area contributed by atoms with E-state index in [4.69, 9.17) is 26.6 Å². The number of piperidine rings is 1. The lowest BCUT2D eigenvalue weighted by Crippen LogP contribution is -2.58. The first-order valence-electron chi connectivity index (χ1n) is 13.6. The Hall–Kier alpha value is -2.78. The lowest BCUT2D eigenvalue weighted by molar-refractivity contribution is 0.0610. The van der Waals surface area contributed by atoms with E-state index in [9.17, 15) is 17.6 Å². The first-order chi connectivity index (χ1) is 19.5. The molecule has 1 amide bonds. The van der Waals surface area contributed by atoms with Crippen LogP contribution >= 0.6 is 11.6 Å². The summed E-state index contributed by atoms with van der Waals surface area (Å²) < 4.78 is 41.7. The number of anilines is 2. The number of nitrogens with zero attached hydrogens (tertiary/aromatic N) is 5. The zero-order valence-corrected chi connectivity index (χ0v) is 24.8. The molecule has 4 N–H and O–H groups in total. The first-order valence-corrected chi connectivity index (χ1v) is 15.8. The Morgan fingerprint density at radius 1 is 1.24 bits per heavy atom. The zero-order valence-electron chi connectivity index (χ0n) is 23.2. The molecule has 1 atom stereocenters. The highest BCUT2D eigenvalue weighted by Gasteiger charge is 2.34. The number of hydrogen-bond acceptors (Lipinski definition) is 11. The molecule has 0 bridgehead atoms. The van der Waals surface area contributed by atoms with Gasteiger partial charge in [-0.15, -0.1) is 0 Å². The third-order valence-electron chi connectivity index (χ3n) is 7.44. The van der Waals surface area contributed by atoms with Gasteiger partial charge in [-0.25, -0.2) is 14.4 Å². The van der Waals surface area contributed by atoms with Crippen LogP contribution in [0.15, 0.2) is 18.2 Å². The van der Waals surface area contributed by atoms with Gasteiger partial charge < -0.3 is 25.2 Å². The van der Waals surface area contributed by atoms with Crippen molar-refractivity contribution in [2.75, 3.05) is 62.8 Å². The van der Waals surface area contributed by atoms with E-state index in [0.717, 1.165) is 50.7 Å². The summed E-state index contributed by atoms with van der Waals surface area (Å²) in [4.78, 5) is 27.7. The molecule has 0 unspecified atom stereocenters. The number of benzene rings is 1. The van der Waals surface area contributed by atoms with Crippen LogP contribution in [0.1, 0.15) is 42.2 Å². The topological polar surface area (TPSA) is 154 Å². The average Bonchev–Trinajstić information content (AvgIpc) is 2.94. The molecule has 12 nitrogen and oxygen atoms in total. The number of likely N-dealkylation sites (tertiary alicyclic amines) is 1. The molecule has 2 aliphatic rings. The summed E-state index contributed by atoms with van der Waals surface area (Å²) >= 11 is 6.44. The molecular weight excluding hydrogens is 577 g/mol. The molecule has 41 heavy (non-hydrogen) atoms. The quantitative estimate of drug-likeness (QED) is 0.334. The molecule has 15 heteroatoms. The van der Waals surface area contributed by atoms with Crippen molar-refractivity contribution in [3.05, 3.63) is 40.4 Å². The number of nitrogens with two attached hydrogens (primary N) is 1. The van der Waals surface area contributed by atoms with Gasteiger partial charge in [-0.1, -0.05) is 24.6 Å². The SMILES string of the molecule is CC[C@H]1CN(c2nc(N)c(C(=O)NCCO)nc2Cl)CCN1C1CCN(Cc2ccc(F)c(OS(C)(=O)=O)c2)CC1. The van der Waals surface area contributed by atoms with Gasteiger partial charge in [-0.3, -0.25) is 14.6 Å². The number of carbonyl (C=O) groups excluding carboxylic acids is 1. The van der Waals surface area contributed by atoms with Gasteiger partial charge in [0.25, 0.3) is 5.91 Å². The number of carbonyl (C=O) groups is 1. The average molecular weight is 614 g/mol.